The number of carboxylic acid groups (broad SMARTS) is 1. The van der Waals surface area contributed by atoms with Crippen molar-refractivity contribution in [3.63, 3.8) is 0 Å². The topological polar surface area (TPSA) is 72.9 Å². The van der Waals surface area contributed by atoms with Crippen LogP contribution in [0.3, 0.4) is 0 Å². The van der Waals surface area contributed by atoms with Crippen LogP contribution < -0.4 is 5.32 Å². The van der Waals surface area contributed by atoms with Crippen molar-refractivity contribution in [1.82, 2.24) is 15.1 Å². The van der Waals surface area contributed by atoms with Gasteiger partial charge in [0.15, 0.2) is 0 Å². The van der Waals surface area contributed by atoms with Crippen LogP contribution in [0.5, 0.6) is 0 Å². The van der Waals surface area contributed by atoms with Crippen molar-refractivity contribution in [3.8, 4) is 0 Å². The lowest BCUT2D eigenvalue weighted by atomic mass is 9.62. The van der Waals surface area contributed by atoms with Crippen LogP contribution >= 0.6 is 11.8 Å². The quantitative estimate of drug-likeness (QED) is 0.710. The Labute approximate surface area is 178 Å². The first-order valence-corrected chi connectivity index (χ1v) is 11.9. The molecule has 0 aromatic rings. The number of hydrogen-bond donors (Lipinski definition) is 2. The molecular weight excluding hydrogens is 386 g/mol. The number of carbonyl (C=O) groups excluding carboxylic acids is 1. The molecule has 2 amide bonds. The van der Waals surface area contributed by atoms with E-state index in [-0.39, 0.29) is 22.8 Å². The second-order valence-electron chi connectivity index (χ2n) is 9.60. The standard InChI is InChI=1S/C22H35N3O3S/c1-20(2,3)21(9-6-5-7-10-21)16-25-18(26)17(8-15-29-4)23-22(25)11-13-24(14-12-22)19(27)28/h5-7,9,17,23H,8,10-16H2,1-4H3,(H,27,28). The molecule has 1 aliphatic carbocycles. The van der Waals surface area contributed by atoms with E-state index < -0.39 is 11.8 Å². The average molecular weight is 422 g/mol. The van der Waals surface area contributed by atoms with Crippen LogP contribution in [-0.4, -0.2) is 70.3 Å². The highest BCUT2D eigenvalue weighted by Gasteiger charge is 2.54. The molecule has 0 aromatic heterocycles. The zero-order valence-electron chi connectivity index (χ0n) is 18.1. The van der Waals surface area contributed by atoms with Gasteiger partial charge >= 0.3 is 6.09 Å². The Morgan fingerprint density at radius 2 is 2.00 bits per heavy atom. The minimum atomic E-state index is -0.874. The van der Waals surface area contributed by atoms with E-state index in [9.17, 15) is 14.7 Å². The summed E-state index contributed by atoms with van der Waals surface area (Å²) in [7, 11) is 0. The number of likely N-dealkylation sites (tertiary alicyclic amines) is 1. The number of nitrogens with zero attached hydrogens (tertiary/aromatic N) is 2. The van der Waals surface area contributed by atoms with Gasteiger partial charge in [0.25, 0.3) is 0 Å². The highest BCUT2D eigenvalue weighted by atomic mass is 32.2. The number of rotatable bonds is 5. The highest BCUT2D eigenvalue weighted by Crippen LogP contribution is 2.48. The molecule has 7 heteroatoms. The molecular formula is C22H35N3O3S. The Kier molecular flexibility index (Phi) is 6.39. The van der Waals surface area contributed by atoms with Gasteiger partial charge in [0.2, 0.25) is 5.91 Å². The number of piperidine rings is 1. The highest BCUT2D eigenvalue weighted by molar-refractivity contribution is 7.98. The zero-order chi connectivity index (χ0) is 21.3. The minimum Gasteiger partial charge on any atom is -0.465 e. The molecule has 29 heavy (non-hydrogen) atoms. The lowest BCUT2D eigenvalue weighted by Gasteiger charge is -2.51. The summed E-state index contributed by atoms with van der Waals surface area (Å²) >= 11 is 1.75. The van der Waals surface area contributed by atoms with E-state index >= 15 is 0 Å². The predicted molar refractivity (Wildman–Crippen MR) is 118 cm³/mol. The maximum atomic E-state index is 13.5. The Balaban J connectivity index is 1.90. The van der Waals surface area contributed by atoms with Crippen molar-refractivity contribution in [3.05, 3.63) is 24.3 Å². The summed E-state index contributed by atoms with van der Waals surface area (Å²) in [5.41, 5.74) is -0.585. The van der Waals surface area contributed by atoms with Crippen LogP contribution in [0.2, 0.25) is 0 Å². The van der Waals surface area contributed by atoms with Gasteiger partial charge in [0.1, 0.15) is 0 Å². The minimum absolute atomic E-state index is 0.00511. The summed E-state index contributed by atoms with van der Waals surface area (Å²) in [6.45, 7) is 8.31. The molecule has 2 unspecified atom stereocenters. The summed E-state index contributed by atoms with van der Waals surface area (Å²) in [6, 6.07) is -0.182. The molecule has 2 saturated heterocycles. The molecule has 162 valence electrons. The van der Waals surface area contributed by atoms with Gasteiger partial charge in [-0.05, 0) is 30.3 Å². The Bertz CT molecular complexity index is 692. The predicted octanol–water partition coefficient (Wildman–Crippen LogP) is 3.56. The van der Waals surface area contributed by atoms with Gasteiger partial charge in [-0.3, -0.25) is 10.1 Å². The fraction of sp³-hybridized carbons (Fsp3) is 0.727. The normalized spacial score (nSPS) is 29.1. The molecule has 1 spiro atoms. The summed E-state index contributed by atoms with van der Waals surface area (Å²) in [4.78, 5) is 28.5. The van der Waals surface area contributed by atoms with Crippen LogP contribution in [0.25, 0.3) is 0 Å². The smallest absolute Gasteiger partial charge is 0.407 e. The fourth-order valence-corrected chi connectivity index (χ4v) is 5.33. The lowest BCUT2D eigenvalue weighted by Crippen LogP contribution is -2.62. The van der Waals surface area contributed by atoms with Gasteiger partial charge in [-0.25, -0.2) is 4.79 Å². The molecule has 0 radical (unpaired) electrons. The van der Waals surface area contributed by atoms with Crippen LogP contribution in [0.1, 0.15) is 46.5 Å². The zero-order valence-corrected chi connectivity index (χ0v) is 18.9. The number of allylic oxidation sites excluding steroid dienone is 3. The number of nitrogens with one attached hydrogen (secondary N) is 1. The monoisotopic (exact) mass is 421 g/mol. The van der Waals surface area contributed by atoms with Crippen molar-refractivity contribution in [2.24, 2.45) is 10.8 Å². The van der Waals surface area contributed by atoms with E-state index in [0.717, 1.165) is 18.6 Å². The van der Waals surface area contributed by atoms with E-state index in [2.05, 4.69) is 61.5 Å². The number of thioether (sulfide) groups is 1. The largest absolute Gasteiger partial charge is 0.465 e. The summed E-state index contributed by atoms with van der Waals surface area (Å²) in [5, 5.41) is 13.0. The van der Waals surface area contributed by atoms with Crippen LogP contribution in [-0.2, 0) is 4.79 Å². The molecule has 2 N–H and O–H groups in total. The van der Waals surface area contributed by atoms with E-state index in [0.29, 0.717) is 32.5 Å². The van der Waals surface area contributed by atoms with E-state index in [1.165, 1.54) is 4.90 Å². The van der Waals surface area contributed by atoms with Gasteiger partial charge in [-0.1, -0.05) is 45.1 Å². The van der Waals surface area contributed by atoms with Gasteiger partial charge in [-0.15, -0.1) is 0 Å². The Morgan fingerprint density at radius 3 is 2.52 bits per heavy atom. The van der Waals surface area contributed by atoms with Crippen molar-refractivity contribution >= 4 is 23.8 Å². The number of amides is 2. The molecule has 6 nitrogen and oxygen atoms in total. The summed E-state index contributed by atoms with van der Waals surface area (Å²) < 4.78 is 0. The third-order valence-corrected chi connectivity index (χ3v) is 7.72. The second kappa shape index (κ2) is 8.34. The van der Waals surface area contributed by atoms with Crippen LogP contribution in [0, 0.1) is 10.8 Å². The van der Waals surface area contributed by atoms with Crippen molar-refractivity contribution in [2.45, 2.75) is 58.2 Å². The van der Waals surface area contributed by atoms with E-state index in [4.69, 9.17) is 0 Å². The maximum absolute atomic E-state index is 13.5. The van der Waals surface area contributed by atoms with E-state index in [1.807, 2.05) is 0 Å². The molecule has 2 heterocycles. The van der Waals surface area contributed by atoms with Crippen LogP contribution in [0.4, 0.5) is 4.79 Å². The second-order valence-corrected chi connectivity index (χ2v) is 10.6. The number of hydrogen-bond acceptors (Lipinski definition) is 4. The molecule has 0 saturated carbocycles. The molecule has 2 aliphatic heterocycles. The molecule has 2 fully saturated rings. The summed E-state index contributed by atoms with van der Waals surface area (Å²) in [5.74, 6) is 1.11. The SMILES string of the molecule is CSCCC1NC2(CCN(C(=O)O)CC2)N(CC2(C(C)(C)C)C=CC=CC2)C1=O. The number of carbonyl (C=O) groups is 2. The van der Waals surface area contributed by atoms with Gasteiger partial charge in [0, 0.05) is 37.9 Å². The van der Waals surface area contributed by atoms with Gasteiger partial charge in [-0.2, -0.15) is 11.8 Å². The van der Waals surface area contributed by atoms with Crippen molar-refractivity contribution < 1.29 is 14.7 Å². The molecule has 2 atom stereocenters. The van der Waals surface area contributed by atoms with Gasteiger partial charge in [0.05, 0.1) is 11.7 Å². The lowest BCUT2D eigenvalue weighted by molar-refractivity contribution is -0.136. The van der Waals surface area contributed by atoms with E-state index in [1.54, 1.807) is 11.8 Å². The molecule has 0 aromatic carbocycles. The van der Waals surface area contributed by atoms with Crippen molar-refractivity contribution in [1.29, 1.82) is 0 Å². The Hall–Kier alpha value is -1.47. The van der Waals surface area contributed by atoms with Crippen LogP contribution in [0.15, 0.2) is 24.3 Å². The molecule has 3 rings (SSSR count). The molecule has 0 bridgehead atoms. The first-order chi connectivity index (χ1) is 13.6. The third-order valence-electron chi connectivity index (χ3n) is 7.07. The Morgan fingerprint density at radius 1 is 1.31 bits per heavy atom. The van der Waals surface area contributed by atoms with Crippen molar-refractivity contribution in [2.75, 3.05) is 31.6 Å². The first kappa shape index (κ1) is 22.2. The first-order valence-electron chi connectivity index (χ1n) is 10.5. The third kappa shape index (κ3) is 4.22. The average Bonchev–Trinajstić information content (AvgIpc) is 2.92. The maximum Gasteiger partial charge on any atom is 0.407 e. The van der Waals surface area contributed by atoms with Gasteiger partial charge < -0.3 is 14.9 Å². The fourth-order valence-electron chi connectivity index (χ4n) is 4.86. The summed E-state index contributed by atoms with van der Waals surface area (Å²) in [6.07, 6.45) is 12.8. The molecule has 3 aliphatic rings.